The molecule has 2 aromatic carbocycles. The first-order valence-electron chi connectivity index (χ1n) is 9.82. The average molecular weight is 396 g/mol. The fourth-order valence-electron chi connectivity index (χ4n) is 3.48. The second-order valence-electron chi connectivity index (χ2n) is 7.34. The predicted octanol–water partition coefficient (Wildman–Crippen LogP) is 1.99. The number of carbonyl (C=O) groups is 2. The zero-order valence-corrected chi connectivity index (χ0v) is 16.0. The molecule has 2 N–H and O–H groups in total. The summed E-state index contributed by atoms with van der Waals surface area (Å²) in [5, 5.41) is 12.4. The van der Waals surface area contributed by atoms with E-state index in [0.717, 1.165) is 5.56 Å². The Morgan fingerprint density at radius 2 is 1.72 bits per heavy atom. The zero-order chi connectivity index (χ0) is 20.2. The predicted molar refractivity (Wildman–Crippen MR) is 107 cm³/mol. The summed E-state index contributed by atoms with van der Waals surface area (Å²) in [5.74, 6) is 0.960. The largest absolute Gasteiger partial charge is 0.485 e. The van der Waals surface area contributed by atoms with Gasteiger partial charge in [0.1, 0.15) is 6.61 Å². The van der Waals surface area contributed by atoms with Crippen molar-refractivity contribution in [3.05, 3.63) is 54.1 Å². The normalized spacial score (nSPS) is 18.9. The van der Waals surface area contributed by atoms with Gasteiger partial charge < -0.3 is 24.8 Å². The molecule has 0 aliphatic carbocycles. The first-order valence-corrected chi connectivity index (χ1v) is 9.82. The number of hydrogen-bond acceptors (Lipinski definition) is 5. The van der Waals surface area contributed by atoms with Crippen LogP contribution in [0.1, 0.15) is 18.4 Å². The first-order chi connectivity index (χ1) is 14.1. The van der Waals surface area contributed by atoms with E-state index >= 15 is 0 Å². The summed E-state index contributed by atoms with van der Waals surface area (Å²) in [5.41, 5.74) is 1.51. The Morgan fingerprint density at radius 1 is 1.03 bits per heavy atom. The van der Waals surface area contributed by atoms with E-state index in [1.807, 2.05) is 24.3 Å². The third-order valence-electron chi connectivity index (χ3n) is 5.20. The van der Waals surface area contributed by atoms with Crippen molar-refractivity contribution in [1.82, 2.24) is 4.90 Å². The molecule has 7 nitrogen and oxygen atoms in total. The number of aliphatic hydroxyl groups excluding tert-OH is 1. The topological polar surface area (TPSA) is 88.1 Å². The van der Waals surface area contributed by atoms with Crippen molar-refractivity contribution in [2.24, 2.45) is 0 Å². The van der Waals surface area contributed by atoms with Gasteiger partial charge in [0.05, 0.1) is 12.5 Å². The highest BCUT2D eigenvalue weighted by molar-refractivity contribution is 5.94. The number of likely N-dealkylation sites (tertiary alicyclic amines) is 1. The Kier molecular flexibility index (Phi) is 5.67. The van der Waals surface area contributed by atoms with Crippen LogP contribution < -0.4 is 14.8 Å². The maximum atomic E-state index is 12.5. The van der Waals surface area contributed by atoms with Gasteiger partial charge in [-0.3, -0.25) is 9.59 Å². The molecule has 0 radical (unpaired) electrons. The van der Waals surface area contributed by atoms with Gasteiger partial charge in [0, 0.05) is 18.8 Å². The van der Waals surface area contributed by atoms with Crippen LogP contribution in [0, 0.1) is 0 Å². The lowest BCUT2D eigenvalue weighted by Gasteiger charge is -2.29. The SMILES string of the molecule is O=C(Nc1ccc(CC(=O)N2CCC(O)CC2)cc1)C1COc2ccccc2O1. The lowest BCUT2D eigenvalue weighted by atomic mass is 10.1. The first kappa shape index (κ1) is 19.3. The van der Waals surface area contributed by atoms with Crippen molar-refractivity contribution in [3.8, 4) is 11.5 Å². The van der Waals surface area contributed by atoms with Crippen LogP contribution >= 0.6 is 0 Å². The number of piperidine rings is 1. The molecule has 4 rings (SSSR count). The Hall–Kier alpha value is -3.06. The van der Waals surface area contributed by atoms with Crippen LogP contribution in [0.25, 0.3) is 0 Å². The molecule has 1 fully saturated rings. The maximum absolute atomic E-state index is 12.5. The fourth-order valence-corrected chi connectivity index (χ4v) is 3.48. The van der Waals surface area contributed by atoms with Crippen LogP contribution in [-0.2, 0) is 16.0 Å². The van der Waals surface area contributed by atoms with E-state index in [1.54, 1.807) is 29.2 Å². The molecule has 2 aliphatic heterocycles. The number of amides is 2. The van der Waals surface area contributed by atoms with Gasteiger partial charge >= 0.3 is 0 Å². The second-order valence-corrected chi connectivity index (χ2v) is 7.34. The van der Waals surface area contributed by atoms with Crippen LogP contribution in [0.5, 0.6) is 11.5 Å². The summed E-state index contributed by atoms with van der Waals surface area (Å²) in [7, 11) is 0. The lowest BCUT2D eigenvalue weighted by Crippen LogP contribution is -2.40. The number of nitrogens with zero attached hydrogens (tertiary/aromatic N) is 1. The smallest absolute Gasteiger partial charge is 0.269 e. The second kappa shape index (κ2) is 8.53. The van der Waals surface area contributed by atoms with Gasteiger partial charge in [0.25, 0.3) is 5.91 Å². The van der Waals surface area contributed by atoms with E-state index < -0.39 is 6.10 Å². The Balaban J connectivity index is 1.30. The molecule has 2 aromatic rings. The number of carbonyl (C=O) groups excluding carboxylic acids is 2. The Morgan fingerprint density at radius 3 is 2.45 bits per heavy atom. The van der Waals surface area contributed by atoms with E-state index in [4.69, 9.17) is 9.47 Å². The minimum atomic E-state index is -0.722. The summed E-state index contributed by atoms with van der Waals surface area (Å²) in [6.07, 6.45) is 0.553. The van der Waals surface area contributed by atoms with Gasteiger partial charge in [0.2, 0.25) is 12.0 Å². The van der Waals surface area contributed by atoms with Crippen LogP contribution in [0.2, 0.25) is 0 Å². The molecule has 2 heterocycles. The summed E-state index contributed by atoms with van der Waals surface area (Å²) in [6.45, 7) is 1.35. The van der Waals surface area contributed by atoms with Gasteiger partial charge in [-0.25, -0.2) is 0 Å². The van der Waals surface area contributed by atoms with Gasteiger partial charge in [-0.1, -0.05) is 24.3 Å². The quantitative estimate of drug-likeness (QED) is 0.825. The van der Waals surface area contributed by atoms with Crippen LogP contribution in [0.4, 0.5) is 5.69 Å². The third-order valence-corrected chi connectivity index (χ3v) is 5.20. The Bertz CT molecular complexity index is 875. The molecular formula is C22H24N2O5. The molecule has 1 atom stereocenters. The van der Waals surface area contributed by atoms with Crippen molar-refractivity contribution < 1.29 is 24.2 Å². The number of fused-ring (bicyclic) bond motifs is 1. The van der Waals surface area contributed by atoms with Crippen LogP contribution in [0.3, 0.4) is 0 Å². The van der Waals surface area contributed by atoms with Gasteiger partial charge in [0.15, 0.2) is 11.5 Å². The molecule has 1 unspecified atom stereocenters. The van der Waals surface area contributed by atoms with E-state index in [-0.39, 0.29) is 24.5 Å². The Labute approximate surface area is 169 Å². The number of hydrogen-bond donors (Lipinski definition) is 2. The van der Waals surface area contributed by atoms with Crippen molar-refractivity contribution in [3.63, 3.8) is 0 Å². The average Bonchev–Trinajstić information content (AvgIpc) is 2.75. The molecule has 0 bridgehead atoms. The summed E-state index contributed by atoms with van der Waals surface area (Å²) in [4.78, 5) is 26.7. The molecule has 29 heavy (non-hydrogen) atoms. The number of anilines is 1. The highest BCUT2D eigenvalue weighted by Crippen LogP contribution is 2.31. The summed E-state index contributed by atoms with van der Waals surface area (Å²) in [6, 6.07) is 14.5. The molecule has 0 spiro atoms. The van der Waals surface area contributed by atoms with Crippen molar-refractivity contribution in [2.45, 2.75) is 31.5 Å². The fraction of sp³-hybridized carbons (Fsp3) is 0.364. The molecule has 1 saturated heterocycles. The molecule has 7 heteroatoms. The third kappa shape index (κ3) is 4.68. The lowest BCUT2D eigenvalue weighted by molar-refractivity contribution is -0.132. The summed E-state index contributed by atoms with van der Waals surface area (Å²) >= 11 is 0. The van der Waals surface area contributed by atoms with Crippen molar-refractivity contribution >= 4 is 17.5 Å². The molecule has 2 aliphatic rings. The minimum absolute atomic E-state index is 0.0557. The molecule has 0 saturated carbocycles. The maximum Gasteiger partial charge on any atom is 0.269 e. The molecule has 152 valence electrons. The number of para-hydroxylation sites is 2. The van der Waals surface area contributed by atoms with Crippen molar-refractivity contribution in [1.29, 1.82) is 0 Å². The monoisotopic (exact) mass is 396 g/mol. The molecule has 0 aromatic heterocycles. The number of nitrogens with one attached hydrogen (secondary N) is 1. The summed E-state index contributed by atoms with van der Waals surface area (Å²) < 4.78 is 11.3. The van der Waals surface area contributed by atoms with Crippen LogP contribution in [-0.4, -0.2) is 53.7 Å². The van der Waals surface area contributed by atoms with Gasteiger partial charge in [-0.15, -0.1) is 0 Å². The van der Waals surface area contributed by atoms with E-state index in [9.17, 15) is 14.7 Å². The van der Waals surface area contributed by atoms with E-state index in [0.29, 0.717) is 49.5 Å². The zero-order valence-electron chi connectivity index (χ0n) is 16.0. The standard InChI is InChI=1S/C22H24N2O5/c25-17-9-11-24(12-10-17)21(26)13-15-5-7-16(8-6-15)23-22(27)20-14-28-18-3-1-2-4-19(18)29-20/h1-8,17,20,25H,9-14H2,(H,23,27). The van der Waals surface area contributed by atoms with Crippen LogP contribution in [0.15, 0.2) is 48.5 Å². The molecular weight excluding hydrogens is 372 g/mol. The molecule has 2 amide bonds. The van der Waals surface area contributed by atoms with E-state index in [1.165, 1.54) is 0 Å². The van der Waals surface area contributed by atoms with Gasteiger partial charge in [-0.05, 0) is 42.7 Å². The highest BCUT2D eigenvalue weighted by atomic mass is 16.6. The highest BCUT2D eigenvalue weighted by Gasteiger charge is 2.27. The number of ether oxygens (including phenoxy) is 2. The minimum Gasteiger partial charge on any atom is -0.485 e. The number of rotatable bonds is 4. The van der Waals surface area contributed by atoms with Gasteiger partial charge in [-0.2, -0.15) is 0 Å². The van der Waals surface area contributed by atoms with E-state index in [2.05, 4.69) is 5.32 Å². The van der Waals surface area contributed by atoms with Crippen molar-refractivity contribution in [2.75, 3.05) is 25.0 Å². The number of aliphatic hydroxyl groups is 1. The number of benzene rings is 2.